The van der Waals surface area contributed by atoms with Gasteiger partial charge in [0, 0.05) is 12.6 Å². The Morgan fingerprint density at radius 2 is 2.16 bits per heavy atom. The van der Waals surface area contributed by atoms with Crippen molar-refractivity contribution >= 4 is 0 Å². The third kappa shape index (κ3) is 3.58. The first kappa shape index (κ1) is 14.5. The monoisotopic (exact) mass is 260 g/mol. The van der Waals surface area contributed by atoms with E-state index in [4.69, 9.17) is 0 Å². The van der Waals surface area contributed by atoms with E-state index in [9.17, 15) is 0 Å². The summed E-state index contributed by atoms with van der Waals surface area (Å²) in [6, 6.07) is 7.38. The second kappa shape index (κ2) is 6.53. The molecule has 2 unspecified atom stereocenters. The molecule has 0 spiro atoms. The lowest BCUT2D eigenvalue weighted by atomic mass is 9.93. The Morgan fingerprint density at radius 1 is 1.37 bits per heavy atom. The van der Waals surface area contributed by atoms with Crippen molar-refractivity contribution in [3.63, 3.8) is 0 Å². The smallest absolute Gasteiger partial charge is 0.0322 e. The Labute approximate surface area is 118 Å². The van der Waals surface area contributed by atoms with E-state index in [0.29, 0.717) is 6.04 Å². The van der Waals surface area contributed by atoms with Gasteiger partial charge < -0.3 is 5.32 Å². The number of nitrogens with zero attached hydrogens (tertiary/aromatic N) is 1. The summed E-state index contributed by atoms with van der Waals surface area (Å²) in [6.45, 7) is 10.4. The fourth-order valence-electron chi connectivity index (χ4n) is 3.31. The van der Waals surface area contributed by atoms with E-state index in [1.54, 1.807) is 0 Å². The minimum atomic E-state index is 0.541. The largest absolute Gasteiger partial charge is 0.319 e. The number of aryl methyl sites for hydroxylation is 2. The maximum Gasteiger partial charge on any atom is 0.0322 e. The second-order valence-electron chi connectivity index (χ2n) is 6.10. The Morgan fingerprint density at radius 3 is 2.89 bits per heavy atom. The van der Waals surface area contributed by atoms with Crippen LogP contribution in [0.5, 0.6) is 0 Å². The molecular weight excluding hydrogens is 232 g/mol. The third-order valence-corrected chi connectivity index (χ3v) is 4.48. The van der Waals surface area contributed by atoms with Gasteiger partial charge in [-0.25, -0.2) is 0 Å². The molecular formula is C17H28N2. The van der Waals surface area contributed by atoms with Gasteiger partial charge >= 0.3 is 0 Å². The highest BCUT2D eigenvalue weighted by Gasteiger charge is 2.24. The molecule has 0 radical (unpaired) electrons. The van der Waals surface area contributed by atoms with Gasteiger partial charge in [-0.15, -0.1) is 0 Å². The first-order chi connectivity index (χ1) is 9.11. The Hall–Kier alpha value is -0.860. The van der Waals surface area contributed by atoms with Gasteiger partial charge in [-0.05, 0) is 70.8 Å². The maximum atomic E-state index is 3.33. The highest BCUT2D eigenvalue weighted by molar-refractivity contribution is 5.32. The maximum absolute atomic E-state index is 3.33. The molecule has 0 saturated carbocycles. The molecule has 1 aromatic rings. The lowest BCUT2D eigenvalue weighted by molar-refractivity contribution is 0.131. The molecule has 1 saturated heterocycles. The molecule has 1 aliphatic rings. The number of piperidine rings is 1. The summed E-state index contributed by atoms with van der Waals surface area (Å²) in [6.07, 6.45) is 2.71. The third-order valence-electron chi connectivity index (χ3n) is 4.48. The van der Waals surface area contributed by atoms with E-state index in [1.807, 2.05) is 0 Å². The number of likely N-dealkylation sites (tertiary alicyclic amines) is 1. The molecule has 1 heterocycles. The van der Waals surface area contributed by atoms with Crippen LogP contribution < -0.4 is 5.32 Å². The van der Waals surface area contributed by atoms with Gasteiger partial charge in [-0.2, -0.15) is 0 Å². The van der Waals surface area contributed by atoms with Gasteiger partial charge in [-0.1, -0.05) is 23.8 Å². The molecule has 1 aliphatic heterocycles. The van der Waals surface area contributed by atoms with Crippen LogP contribution in [0.4, 0.5) is 0 Å². The van der Waals surface area contributed by atoms with Crippen LogP contribution in [0.1, 0.15) is 42.5 Å². The van der Waals surface area contributed by atoms with Gasteiger partial charge in [-0.3, -0.25) is 4.90 Å². The van der Waals surface area contributed by atoms with Crippen molar-refractivity contribution in [1.29, 1.82) is 0 Å². The van der Waals surface area contributed by atoms with Crippen molar-refractivity contribution in [1.82, 2.24) is 10.2 Å². The van der Waals surface area contributed by atoms with Gasteiger partial charge in [0.1, 0.15) is 0 Å². The van der Waals surface area contributed by atoms with E-state index in [0.717, 1.165) is 12.5 Å². The van der Waals surface area contributed by atoms with Crippen LogP contribution in [-0.4, -0.2) is 31.6 Å². The average Bonchev–Trinajstić information content (AvgIpc) is 2.41. The fourth-order valence-corrected chi connectivity index (χ4v) is 3.31. The number of nitrogens with one attached hydrogen (secondary N) is 1. The average molecular weight is 260 g/mol. The number of hydrogen-bond acceptors (Lipinski definition) is 2. The zero-order valence-corrected chi connectivity index (χ0v) is 12.9. The SMILES string of the molecule is CNCC1CCCN(C(C)c2cc(C)ccc2C)C1. The molecule has 1 aromatic carbocycles. The van der Waals surface area contributed by atoms with Crippen LogP contribution in [0, 0.1) is 19.8 Å². The molecule has 106 valence electrons. The van der Waals surface area contributed by atoms with E-state index >= 15 is 0 Å². The summed E-state index contributed by atoms with van der Waals surface area (Å²) < 4.78 is 0. The van der Waals surface area contributed by atoms with Crippen LogP contribution in [0.25, 0.3) is 0 Å². The lowest BCUT2D eigenvalue weighted by Gasteiger charge is -2.37. The van der Waals surface area contributed by atoms with Crippen LogP contribution in [0.2, 0.25) is 0 Å². The normalized spacial score (nSPS) is 22.4. The highest BCUT2D eigenvalue weighted by atomic mass is 15.2. The van der Waals surface area contributed by atoms with Crippen LogP contribution in [-0.2, 0) is 0 Å². The molecule has 2 heteroatoms. The highest BCUT2D eigenvalue weighted by Crippen LogP contribution is 2.28. The standard InChI is InChI=1S/C17H28N2/c1-13-7-8-14(2)17(10-13)15(3)19-9-5-6-16(12-19)11-18-4/h7-8,10,15-16,18H,5-6,9,11-12H2,1-4H3. The van der Waals surface area contributed by atoms with Crippen molar-refractivity contribution in [3.8, 4) is 0 Å². The molecule has 2 atom stereocenters. The first-order valence-electron chi connectivity index (χ1n) is 7.57. The van der Waals surface area contributed by atoms with Crippen molar-refractivity contribution in [2.24, 2.45) is 5.92 Å². The van der Waals surface area contributed by atoms with Crippen molar-refractivity contribution in [2.45, 2.75) is 39.7 Å². The van der Waals surface area contributed by atoms with E-state index in [-0.39, 0.29) is 0 Å². The van der Waals surface area contributed by atoms with Gasteiger partial charge in [0.15, 0.2) is 0 Å². The summed E-state index contributed by atoms with van der Waals surface area (Å²) in [5, 5.41) is 3.33. The molecule has 0 amide bonds. The van der Waals surface area contributed by atoms with Crippen LogP contribution in [0.3, 0.4) is 0 Å². The lowest BCUT2D eigenvalue weighted by Crippen LogP contribution is -2.40. The van der Waals surface area contributed by atoms with E-state index in [1.165, 1.54) is 42.6 Å². The molecule has 0 aromatic heterocycles. The van der Waals surface area contributed by atoms with Crippen molar-refractivity contribution < 1.29 is 0 Å². The summed E-state index contributed by atoms with van der Waals surface area (Å²) >= 11 is 0. The van der Waals surface area contributed by atoms with E-state index < -0.39 is 0 Å². The predicted molar refractivity (Wildman–Crippen MR) is 82.6 cm³/mol. The molecule has 1 fully saturated rings. The van der Waals surface area contributed by atoms with Crippen LogP contribution >= 0.6 is 0 Å². The van der Waals surface area contributed by atoms with E-state index in [2.05, 4.69) is 56.2 Å². The zero-order chi connectivity index (χ0) is 13.8. The number of hydrogen-bond donors (Lipinski definition) is 1. The summed E-state index contributed by atoms with van der Waals surface area (Å²) in [5.41, 5.74) is 4.30. The van der Waals surface area contributed by atoms with Gasteiger partial charge in [0.25, 0.3) is 0 Å². The molecule has 1 N–H and O–H groups in total. The van der Waals surface area contributed by atoms with Crippen molar-refractivity contribution in [2.75, 3.05) is 26.7 Å². The topological polar surface area (TPSA) is 15.3 Å². The summed E-state index contributed by atoms with van der Waals surface area (Å²) in [7, 11) is 2.06. The molecule has 2 rings (SSSR count). The minimum Gasteiger partial charge on any atom is -0.319 e. The Balaban J connectivity index is 2.10. The molecule has 2 nitrogen and oxygen atoms in total. The molecule has 0 bridgehead atoms. The summed E-state index contributed by atoms with van der Waals surface area (Å²) in [5.74, 6) is 0.811. The first-order valence-corrected chi connectivity index (χ1v) is 7.57. The molecule has 19 heavy (non-hydrogen) atoms. The number of benzene rings is 1. The fraction of sp³-hybridized carbons (Fsp3) is 0.647. The minimum absolute atomic E-state index is 0.541. The predicted octanol–water partition coefficient (Wildman–Crippen LogP) is 3.30. The quantitative estimate of drug-likeness (QED) is 0.893. The Kier molecular flexibility index (Phi) is 5.00. The van der Waals surface area contributed by atoms with Gasteiger partial charge in [0.05, 0.1) is 0 Å². The Bertz CT molecular complexity index is 412. The molecule has 0 aliphatic carbocycles. The van der Waals surface area contributed by atoms with Crippen LogP contribution in [0.15, 0.2) is 18.2 Å². The van der Waals surface area contributed by atoms with Crippen molar-refractivity contribution in [3.05, 3.63) is 34.9 Å². The second-order valence-corrected chi connectivity index (χ2v) is 6.10. The number of rotatable bonds is 4. The summed E-state index contributed by atoms with van der Waals surface area (Å²) in [4.78, 5) is 2.66. The van der Waals surface area contributed by atoms with Gasteiger partial charge in [0.2, 0.25) is 0 Å². The zero-order valence-electron chi connectivity index (χ0n) is 12.9.